The standard InChI is InChI=1S/C20H31N5O.HI/c1-16(2)19-18(14-25(5)23-19)13-24(4)20(21-3)22-11-12-26-15-17-9-7-6-8-10-17;/h6-10,14,16H,11-13,15H2,1-5H3,(H,21,22);1H. The van der Waals surface area contributed by atoms with Crippen molar-refractivity contribution in [1.29, 1.82) is 0 Å². The largest absolute Gasteiger partial charge is 0.375 e. The molecule has 27 heavy (non-hydrogen) atoms. The lowest BCUT2D eigenvalue weighted by Crippen LogP contribution is -2.40. The van der Waals surface area contributed by atoms with Gasteiger partial charge in [0.2, 0.25) is 0 Å². The Morgan fingerprint density at radius 3 is 2.63 bits per heavy atom. The SMILES string of the molecule is CN=C(NCCOCc1ccccc1)N(C)Cc1cn(C)nc1C(C)C.I. The van der Waals surface area contributed by atoms with Gasteiger partial charge in [-0.1, -0.05) is 44.2 Å². The fourth-order valence-electron chi connectivity index (χ4n) is 2.88. The first-order valence-corrected chi connectivity index (χ1v) is 9.07. The summed E-state index contributed by atoms with van der Waals surface area (Å²) >= 11 is 0. The third-order valence-corrected chi connectivity index (χ3v) is 4.11. The molecule has 0 atom stereocenters. The van der Waals surface area contributed by atoms with Gasteiger partial charge in [0.1, 0.15) is 0 Å². The molecule has 0 radical (unpaired) electrons. The van der Waals surface area contributed by atoms with E-state index in [1.54, 1.807) is 7.05 Å². The van der Waals surface area contributed by atoms with Gasteiger partial charge in [0.15, 0.2) is 5.96 Å². The van der Waals surface area contributed by atoms with Crippen LogP contribution in [0.3, 0.4) is 0 Å². The Balaban J connectivity index is 0.00000364. The first-order valence-electron chi connectivity index (χ1n) is 9.07. The highest BCUT2D eigenvalue weighted by atomic mass is 127. The predicted octanol–water partition coefficient (Wildman–Crippen LogP) is 3.39. The topological polar surface area (TPSA) is 54.7 Å². The predicted molar refractivity (Wildman–Crippen MR) is 122 cm³/mol. The number of aryl methyl sites for hydroxylation is 1. The summed E-state index contributed by atoms with van der Waals surface area (Å²) in [6, 6.07) is 10.2. The molecule has 1 heterocycles. The lowest BCUT2D eigenvalue weighted by Gasteiger charge is -2.22. The zero-order chi connectivity index (χ0) is 18.9. The Morgan fingerprint density at radius 1 is 1.30 bits per heavy atom. The second-order valence-electron chi connectivity index (χ2n) is 6.74. The molecule has 0 saturated carbocycles. The van der Waals surface area contributed by atoms with Crippen LogP contribution in [0.4, 0.5) is 0 Å². The average molecular weight is 485 g/mol. The zero-order valence-electron chi connectivity index (χ0n) is 17.0. The van der Waals surface area contributed by atoms with Crippen molar-refractivity contribution in [2.24, 2.45) is 12.0 Å². The van der Waals surface area contributed by atoms with Crippen molar-refractivity contribution in [2.75, 3.05) is 27.2 Å². The van der Waals surface area contributed by atoms with Gasteiger partial charge in [-0.05, 0) is 11.5 Å². The molecule has 0 unspecified atom stereocenters. The molecule has 6 nitrogen and oxygen atoms in total. The van der Waals surface area contributed by atoms with Crippen molar-refractivity contribution < 1.29 is 4.74 Å². The number of hydrogen-bond donors (Lipinski definition) is 1. The summed E-state index contributed by atoms with van der Waals surface area (Å²) in [5.41, 5.74) is 3.56. The van der Waals surface area contributed by atoms with Gasteiger partial charge in [-0.3, -0.25) is 9.67 Å². The molecule has 1 N–H and O–H groups in total. The van der Waals surface area contributed by atoms with Crippen molar-refractivity contribution in [3.8, 4) is 0 Å². The van der Waals surface area contributed by atoms with E-state index in [1.807, 2.05) is 37.0 Å². The van der Waals surface area contributed by atoms with E-state index in [0.29, 0.717) is 25.7 Å². The number of rotatable bonds is 8. The highest BCUT2D eigenvalue weighted by molar-refractivity contribution is 14.0. The minimum atomic E-state index is 0. The Morgan fingerprint density at radius 2 is 2.00 bits per heavy atom. The molecule has 1 aromatic heterocycles. The van der Waals surface area contributed by atoms with Gasteiger partial charge in [0.25, 0.3) is 0 Å². The van der Waals surface area contributed by atoms with E-state index in [0.717, 1.165) is 18.2 Å². The first-order chi connectivity index (χ1) is 12.5. The molecule has 0 saturated heterocycles. The van der Waals surface area contributed by atoms with Crippen LogP contribution in [-0.4, -0.2) is 47.9 Å². The van der Waals surface area contributed by atoms with E-state index in [2.05, 4.69) is 52.5 Å². The fourth-order valence-corrected chi connectivity index (χ4v) is 2.88. The monoisotopic (exact) mass is 485 g/mol. The summed E-state index contributed by atoms with van der Waals surface area (Å²) in [6.45, 7) is 7.09. The Labute approximate surface area is 180 Å². The number of halogens is 1. The van der Waals surface area contributed by atoms with Gasteiger partial charge in [-0.15, -0.1) is 24.0 Å². The summed E-state index contributed by atoms with van der Waals surface area (Å²) in [5.74, 6) is 1.26. The number of nitrogens with one attached hydrogen (secondary N) is 1. The molecule has 0 spiro atoms. The van der Waals surface area contributed by atoms with Crippen molar-refractivity contribution >= 4 is 29.9 Å². The molecule has 2 aromatic rings. The third kappa shape index (κ3) is 7.50. The number of ether oxygens (including phenoxy) is 1. The smallest absolute Gasteiger partial charge is 0.193 e. The summed E-state index contributed by atoms with van der Waals surface area (Å²) in [7, 11) is 5.81. The molecule has 7 heteroatoms. The maximum atomic E-state index is 5.72. The number of hydrogen-bond acceptors (Lipinski definition) is 3. The molecule has 0 aliphatic carbocycles. The van der Waals surface area contributed by atoms with Gasteiger partial charge >= 0.3 is 0 Å². The van der Waals surface area contributed by atoms with Gasteiger partial charge in [0, 0.05) is 46.0 Å². The van der Waals surface area contributed by atoms with E-state index in [-0.39, 0.29) is 24.0 Å². The van der Waals surface area contributed by atoms with Gasteiger partial charge in [-0.2, -0.15) is 5.10 Å². The summed E-state index contributed by atoms with van der Waals surface area (Å²) in [4.78, 5) is 6.48. The summed E-state index contributed by atoms with van der Waals surface area (Å²) in [6.07, 6.45) is 2.09. The van der Waals surface area contributed by atoms with Crippen LogP contribution >= 0.6 is 24.0 Å². The quantitative estimate of drug-likeness (QED) is 0.270. The lowest BCUT2D eigenvalue weighted by molar-refractivity contribution is 0.125. The van der Waals surface area contributed by atoms with E-state index in [9.17, 15) is 0 Å². The normalized spacial score (nSPS) is 11.4. The van der Waals surface area contributed by atoms with E-state index in [1.165, 1.54) is 11.1 Å². The average Bonchev–Trinajstić information content (AvgIpc) is 2.99. The Bertz CT molecular complexity index is 700. The maximum Gasteiger partial charge on any atom is 0.193 e. The highest BCUT2D eigenvalue weighted by Crippen LogP contribution is 2.18. The minimum absolute atomic E-state index is 0. The minimum Gasteiger partial charge on any atom is -0.375 e. The second kappa shape index (κ2) is 12.0. The van der Waals surface area contributed by atoms with Gasteiger partial charge in [0.05, 0.1) is 18.9 Å². The molecule has 150 valence electrons. The van der Waals surface area contributed by atoms with Crippen molar-refractivity contribution in [3.05, 3.63) is 53.3 Å². The molecule has 0 aliphatic rings. The van der Waals surface area contributed by atoms with Crippen LogP contribution in [0.15, 0.2) is 41.5 Å². The Hall–Kier alpha value is -1.61. The maximum absolute atomic E-state index is 5.72. The van der Waals surface area contributed by atoms with Crippen molar-refractivity contribution in [1.82, 2.24) is 20.0 Å². The molecule has 2 rings (SSSR count). The molecule has 0 bridgehead atoms. The van der Waals surface area contributed by atoms with E-state index in [4.69, 9.17) is 4.74 Å². The second-order valence-corrected chi connectivity index (χ2v) is 6.74. The van der Waals surface area contributed by atoms with Crippen LogP contribution in [0, 0.1) is 0 Å². The number of benzene rings is 1. The van der Waals surface area contributed by atoms with Crippen molar-refractivity contribution in [2.45, 2.75) is 32.9 Å². The van der Waals surface area contributed by atoms with E-state index >= 15 is 0 Å². The zero-order valence-corrected chi connectivity index (χ0v) is 19.3. The molecule has 1 aromatic carbocycles. The summed E-state index contributed by atoms with van der Waals surface area (Å²) in [5, 5.41) is 7.93. The number of aliphatic imine (C=N–C) groups is 1. The van der Waals surface area contributed by atoms with Crippen LogP contribution in [0.1, 0.15) is 36.6 Å². The molecule has 0 fully saturated rings. The van der Waals surface area contributed by atoms with Gasteiger partial charge < -0.3 is 15.0 Å². The first kappa shape index (κ1) is 23.4. The lowest BCUT2D eigenvalue weighted by atomic mass is 10.1. The Kier molecular flexibility index (Phi) is 10.4. The van der Waals surface area contributed by atoms with E-state index < -0.39 is 0 Å². The number of aromatic nitrogens is 2. The summed E-state index contributed by atoms with van der Waals surface area (Å²) < 4.78 is 7.60. The van der Waals surface area contributed by atoms with Crippen LogP contribution in [-0.2, 0) is 24.9 Å². The van der Waals surface area contributed by atoms with Crippen LogP contribution in [0.2, 0.25) is 0 Å². The third-order valence-electron chi connectivity index (χ3n) is 4.11. The van der Waals surface area contributed by atoms with Crippen LogP contribution in [0.5, 0.6) is 0 Å². The number of guanidine groups is 1. The van der Waals surface area contributed by atoms with Gasteiger partial charge in [-0.25, -0.2) is 0 Å². The van der Waals surface area contributed by atoms with Crippen LogP contribution < -0.4 is 5.32 Å². The van der Waals surface area contributed by atoms with Crippen LogP contribution in [0.25, 0.3) is 0 Å². The van der Waals surface area contributed by atoms with Crippen molar-refractivity contribution in [3.63, 3.8) is 0 Å². The molecule has 0 amide bonds. The molecular formula is C20H32IN5O. The number of nitrogens with zero attached hydrogens (tertiary/aromatic N) is 4. The highest BCUT2D eigenvalue weighted by Gasteiger charge is 2.14. The fraction of sp³-hybridized carbons (Fsp3) is 0.500. The molecular weight excluding hydrogens is 453 g/mol. The molecule has 0 aliphatic heterocycles.